The fraction of sp³-hybridized carbons (Fsp3) is 0.167. The lowest BCUT2D eigenvalue weighted by Gasteiger charge is -2.11. The van der Waals surface area contributed by atoms with E-state index in [1.54, 1.807) is 12.2 Å². The first-order valence-electron chi connectivity index (χ1n) is 2.57. The van der Waals surface area contributed by atoms with Crippen LogP contribution in [-0.2, 0) is 0 Å². The summed E-state index contributed by atoms with van der Waals surface area (Å²) in [4.78, 5) is 0. The van der Waals surface area contributed by atoms with Gasteiger partial charge < -0.3 is 0 Å². The number of hydroxylamine groups is 2. The van der Waals surface area contributed by atoms with Crippen LogP contribution in [0.3, 0.4) is 0 Å². The van der Waals surface area contributed by atoms with Crippen LogP contribution in [0.2, 0.25) is 0 Å². The zero-order chi connectivity index (χ0) is 6.69. The molecule has 0 radical (unpaired) electrons. The molecule has 9 heavy (non-hydrogen) atoms. The largest absolute Gasteiger partial charge is 0.289 e. The molecule has 1 aliphatic rings. The summed E-state index contributed by atoms with van der Waals surface area (Å²) in [5.41, 5.74) is 0.476. The van der Waals surface area contributed by atoms with Crippen LogP contribution in [-0.4, -0.2) is 16.8 Å². The molecule has 0 fully saturated rings. The first-order valence-corrected chi connectivity index (χ1v) is 2.57. The van der Waals surface area contributed by atoms with Crippen LogP contribution >= 0.6 is 0 Å². The van der Waals surface area contributed by atoms with Gasteiger partial charge in [-0.15, -0.1) is 0 Å². The molecule has 0 saturated heterocycles. The normalized spacial score (nSPS) is 16.9. The average Bonchev–Trinajstić information content (AvgIpc) is 1.88. The van der Waals surface area contributed by atoms with Gasteiger partial charge in [0, 0.05) is 6.20 Å². The van der Waals surface area contributed by atoms with E-state index < -0.39 is 0 Å². The number of rotatable bonds is 0. The first kappa shape index (κ1) is 5.86. The highest BCUT2D eigenvalue weighted by molar-refractivity contribution is 5.33. The molecule has 0 aromatic heterocycles. The van der Waals surface area contributed by atoms with Crippen LogP contribution in [0.4, 0.5) is 0 Å². The first-order chi connectivity index (χ1) is 4.33. The van der Waals surface area contributed by atoms with Crippen LogP contribution in [0.25, 0.3) is 0 Å². The number of hydrogen-bond donors (Lipinski definition) is 1. The maximum atomic E-state index is 8.77. The summed E-state index contributed by atoms with van der Waals surface area (Å²) < 4.78 is 0. The monoisotopic (exact) mass is 122 g/mol. The molecule has 1 N–H and O–H groups in total. The van der Waals surface area contributed by atoms with Gasteiger partial charge in [-0.25, -0.2) is 0 Å². The SMILES string of the molecule is N#CC1=CN(O)CC=C1. The molecule has 1 rings (SSSR count). The van der Waals surface area contributed by atoms with E-state index in [1.165, 1.54) is 6.20 Å². The molecule has 0 bridgehead atoms. The van der Waals surface area contributed by atoms with Gasteiger partial charge in [-0.2, -0.15) is 5.26 Å². The molecule has 0 amide bonds. The van der Waals surface area contributed by atoms with Gasteiger partial charge in [0.15, 0.2) is 0 Å². The van der Waals surface area contributed by atoms with Crippen molar-refractivity contribution in [2.24, 2.45) is 0 Å². The van der Waals surface area contributed by atoms with E-state index in [4.69, 9.17) is 10.5 Å². The Morgan fingerprint density at radius 3 is 3.00 bits per heavy atom. The van der Waals surface area contributed by atoms with Crippen LogP contribution < -0.4 is 0 Å². The van der Waals surface area contributed by atoms with Crippen molar-refractivity contribution in [2.45, 2.75) is 0 Å². The Balaban J connectivity index is 2.74. The molecular weight excluding hydrogens is 116 g/mol. The Labute approximate surface area is 53.1 Å². The van der Waals surface area contributed by atoms with Crippen molar-refractivity contribution < 1.29 is 5.21 Å². The molecule has 3 heteroatoms. The summed E-state index contributed by atoms with van der Waals surface area (Å²) >= 11 is 0. The maximum absolute atomic E-state index is 8.77. The number of allylic oxidation sites excluding steroid dienone is 2. The third kappa shape index (κ3) is 1.31. The summed E-state index contributed by atoms with van der Waals surface area (Å²) in [6, 6.07) is 1.91. The second kappa shape index (κ2) is 2.33. The third-order valence-electron chi connectivity index (χ3n) is 1.01. The van der Waals surface area contributed by atoms with Crippen LogP contribution in [0.5, 0.6) is 0 Å². The van der Waals surface area contributed by atoms with Gasteiger partial charge in [0.2, 0.25) is 0 Å². The Kier molecular flexibility index (Phi) is 1.52. The van der Waals surface area contributed by atoms with Crippen molar-refractivity contribution in [1.29, 1.82) is 5.26 Å². The third-order valence-corrected chi connectivity index (χ3v) is 1.01. The lowest BCUT2D eigenvalue weighted by Crippen LogP contribution is -2.14. The predicted molar refractivity (Wildman–Crippen MR) is 31.3 cm³/mol. The van der Waals surface area contributed by atoms with Crippen molar-refractivity contribution >= 4 is 0 Å². The fourth-order valence-corrected chi connectivity index (χ4v) is 0.610. The van der Waals surface area contributed by atoms with E-state index in [1.807, 2.05) is 6.07 Å². The predicted octanol–water partition coefficient (Wildman–Crippen LogP) is 0.655. The summed E-state index contributed by atoms with van der Waals surface area (Å²) in [7, 11) is 0. The number of hydrogen-bond acceptors (Lipinski definition) is 3. The average molecular weight is 122 g/mol. The van der Waals surface area contributed by atoms with Crippen molar-refractivity contribution in [3.05, 3.63) is 23.9 Å². The van der Waals surface area contributed by atoms with Crippen molar-refractivity contribution in [3.63, 3.8) is 0 Å². The quantitative estimate of drug-likeness (QED) is 0.513. The minimum Gasteiger partial charge on any atom is -0.289 e. The maximum Gasteiger partial charge on any atom is 0.101 e. The molecule has 0 saturated carbocycles. The van der Waals surface area contributed by atoms with Gasteiger partial charge in [-0.05, 0) is 6.08 Å². The zero-order valence-corrected chi connectivity index (χ0v) is 4.78. The minimum absolute atomic E-state index is 0.463. The molecular formula is C6H6N2O. The molecule has 0 aliphatic carbocycles. The highest BCUT2D eigenvalue weighted by atomic mass is 16.5. The van der Waals surface area contributed by atoms with Crippen molar-refractivity contribution in [1.82, 2.24) is 5.06 Å². The van der Waals surface area contributed by atoms with Gasteiger partial charge in [-0.3, -0.25) is 10.3 Å². The van der Waals surface area contributed by atoms with Crippen LogP contribution in [0, 0.1) is 11.3 Å². The molecule has 46 valence electrons. The fourth-order valence-electron chi connectivity index (χ4n) is 0.610. The lowest BCUT2D eigenvalue weighted by molar-refractivity contribution is -0.0308. The highest BCUT2D eigenvalue weighted by Gasteiger charge is 1.98. The second-order valence-corrected chi connectivity index (χ2v) is 1.72. The van der Waals surface area contributed by atoms with Crippen LogP contribution in [0.15, 0.2) is 23.9 Å². The Bertz CT molecular complexity index is 200. The number of nitrogens with zero attached hydrogens (tertiary/aromatic N) is 2. The van der Waals surface area contributed by atoms with Gasteiger partial charge in [-0.1, -0.05) is 6.08 Å². The molecule has 3 nitrogen and oxygen atoms in total. The van der Waals surface area contributed by atoms with Gasteiger partial charge in [0.05, 0.1) is 12.1 Å². The van der Waals surface area contributed by atoms with E-state index in [-0.39, 0.29) is 0 Å². The van der Waals surface area contributed by atoms with Crippen molar-refractivity contribution in [2.75, 3.05) is 6.54 Å². The molecule has 0 spiro atoms. The molecule has 1 heterocycles. The topological polar surface area (TPSA) is 47.3 Å². The Hall–Kier alpha value is -1.27. The smallest absolute Gasteiger partial charge is 0.101 e. The van der Waals surface area contributed by atoms with E-state index in [0.717, 1.165) is 5.06 Å². The molecule has 0 unspecified atom stereocenters. The molecule has 0 aromatic rings. The zero-order valence-electron chi connectivity index (χ0n) is 4.78. The van der Waals surface area contributed by atoms with Gasteiger partial charge in [0.1, 0.15) is 6.07 Å². The van der Waals surface area contributed by atoms with Crippen LogP contribution in [0.1, 0.15) is 0 Å². The molecule has 0 atom stereocenters. The lowest BCUT2D eigenvalue weighted by atomic mass is 10.2. The molecule has 0 aromatic carbocycles. The highest BCUT2D eigenvalue weighted by Crippen LogP contribution is 2.02. The Morgan fingerprint density at radius 1 is 1.78 bits per heavy atom. The van der Waals surface area contributed by atoms with Gasteiger partial charge >= 0.3 is 0 Å². The minimum atomic E-state index is 0.463. The van der Waals surface area contributed by atoms with E-state index in [9.17, 15) is 0 Å². The van der Waals surface area contributed by atoms with E-state index >= 15 is 0 Å². The molecule has 1 aliphatic heterocycles. The Morgan fingerprint density at radius 2 is 2.56 bits per heavy atom. The van der Waals surface area contributed by atoms with Gasteiger partial charge in [0.25, 0.3) is 0 Å². The summed E-state index contributed by atoms with van der Waals surface area (Å²) in [5.74, 6) is 0. The summed E-state index contributed by atoms with van der Waals surface area (Å²) in [6.07, 6.45) is 4.78. The summed E-state index contributed by atoms with van der Waals surface area (Å²) in [6.45, 7) is 0.463. The van der Waals surface area contributed by atoms with E-state index in [0.29, 0.717) is 12.1 Å². The summed E-state index contributed by atoms with van der Waals surface area (Å²) in [5, 5.41) is 18.0. The van der Waals surface area contributed by atoms with Crippen molar-refractivity contribution in [3.8, 4) is 6.07 Å². The number of nitriles is 1. The van der Waals surface area contributed by atoms with E-state index in [2.05, 4.69) is 0 Å². The standard InChI is InChI=1S/C6H6N2O/c7-4-6-2-1-3-8(9)5-6/h1-2,5,9H,3H2. The second-order valence-electron chi connectivity index (χ2n) is 1.72.